The highest BCUT2D eigenvalue weighted by molar-refractivity contribution is 7.80. The van der Waals surface area contributed by atoms with Crippen molar-refractivity contribution in [3.63, 3.8) is 0 Å². The van der Waals surface area contributed by atoms with Crippen molar-refractivity contribution in [2.24, 2.45) is 0 Å². The zero-order valence-corrected chi connectivity index (χ0v) is 14.8. The molecule has 126 valence electrons. The smallest absolute Gasteiger partial charge is 0.337 e. The number of carbonyl (C=O) groups excluding carboxylic acids is 1. The maximum Gasteiger partial charge on any atom is 0.337 e. The molecule has 0 aliphatic rings. The Balaban J connectivity index is 1.75. The summed E-state index contributed by atoms with van der Waals surface area (Å²) < 4.78 is 4.71. The molecule has 0 unspecified atom stereocenters. The second-order valence-electron chi connectivity index (χ2n) is 5.54. The number of ether oxygens (including phenoxy) is 1. The molecule has 0 saturated heterocycles. The predicted octanol–water partition coefficient (Wildman–Crippen LogP) is 3.70. The van der Waals surface area contributed by atoms with Gasteiger partial charge >= 0.3 is 5.97 Å². The van der Waals surface area contributed by atoms with Gasteiger partial charge in [-0.05, 0) is 55.7 Å². The molecule has 2 rings (SSSR count). The van der Waals surface area contributed by atoms with Gasteiger partial charge in [0.05, 0.1) is 12.7 Å². The molecule has 0 atom stereocenters. The molecule has 4 nitrogen and oxygen atoms in total. The fourth-order valence-electron chi connectivity index (χ4n) is 2.27. The van der Waals surface area contributed by atoms with Crippen molar-refractivity contribution in [2.45, 2.75) is 19.8 Å². The summed E-state index contributed by atoms with van der Waals surface area (Å²) >= 11 is 5.28. The van der Waals surface area contributed by atoms with Gasteiger partial charge in [0.15, 0.2) is 5.11 Å². The van der Waals surface area contributed by atoms with E-state index < -0.39 is 0 Å². The van der Waals surface area contributed by atoms with E-state index in [9.17, 15) is 4.79 Å². The largest absolute Gasteiger partial charge is 0.465 e. The molecule has 0 spiro atoms. The molecular weight excluding hydrogens is 320 g/mol. The first-order chi connectivity index (χ1) is 11.6. The van der Waals surface area contributed by atoms with Gasteiger partial charge in [-0.15, -0.1) is 0 Å². The quantitative estimate of drug-likeness (QED) is 0.476. The lowest BCUT2D eigenvalue weighted by atomic mass is 10.1. The van der Waals surface area contributed by atoms with E-state index in [0.29, 0.717) is 10.7 Å². The Labute approximate surface area is 148 Å². The third kappa shape index (κ3) is 5.66. The molecule has 0 bridgehead atoms. The molecule has 0 aromatic heterocycles. The predicted molar refractivity (Wildman–Crippen MR) is 102 cm³/mol. The normalized spacial score (nSPS) is 10.1. The van der Waals surface area contributed by atoms with Crippen LogP contribution in [0.4, 0.5) is 5.69 Å². The lowest BCUT2D eigenvalue weighted by molar-refractivity contribution is 0.0601. The molecule has 0 saturated carbocycles. The second kappa shape index (κ2) is 9.03. The van der Waals surface area contributed by atoms with E-state index in [1.807, 2.05) is 6.07 Å². The van der Waals surface area contributed by atoms with Crippen molar-refractivity contribution >= 4 is 29.0 Å². The number of nitrogens with one attached hydrogen (secondary N) is 2. The molecule has 2 N–H and O–H groups in total. The van der Waals surface area contributed by atoms with Crippen molar-refractivity contribution < 1.29 is 9.53 Å². The first-order valence-electron chi connectivity index (χ1n) is 7.87. The van der Waals surface area contributed by atoms with Crippen LogP contribution < -0.4 is 10.6 Å². The van der Waals surface area contributed by atoms with Crippen LogP contribution in [0.25, 0.3) is 0 Å². The number of rotatable bonds is 6. The van der Waals surface area contributed by atoms with Crippen molar-refractivity contribution in [3.8, 4) is 0 Å². The van der Waals surface area contributed by atoms with Gasteiger partial charge < -0.3 is 15.4 Å². The summed E-state index contributed by atoms with van der Waals surface area (Å²) in [7, 11) is 1.36. The average molecular weight is 342 g/mol. The molecule has 0 aliphatic heterocycles. The van der Waals surface area contributed by atoms with Crippen molar-refractivity contribution in [1.29, 1.82) is 0 Å². The Bertz CT molecular complexity index is 699. The van der Waals surface area contributed by atoms with Gasteiger partial charge in [-0.25, -0.2) is 4.79 Å². The molecule has 0 heterocycles. The Morgan fingerprint density at radius 3 is 2.62 bits per heavy atom. The van der Waals surface area contributed by atoms with Crippen LogP contribution >= 0.6 is 12.2 Å². The Morgan fingerprint density at radius 2 is 1.92 bits per heavy atom. The van der Waals surface area contributed by atoms with Gasteiger partial charge in [0, 0.05) is 12.2 Å². The van der Waals surface area contributed by atoms with E-state index in [4.69, 9.17) is 17.0 Å². The summed E-state index contributed by atoms with van der Waals surface area (Å²) in [5, 5.41) is 6.80. The van der Waals surface area contributed by atoms with Crippen LogP contribution in [0.3, 0.4) is 0 Å². The number of anilines is 1. The Hall–Kier alpha value is -2.40. The van der Waals surface area contributed by atoms with Gasteiger partial charge in [0.1, 0.15) is 0 Å². The number of carbonyl (C=O) groups is 1. The molecule has 0 amide bonds. The molecule has 2 aromatic rings. The van der Waals surface area contributed by atoms with Crippen LogP contribution in [0.5, 0.6) is 0 Å². The number of esters is 1. The Morgan fingerprint density at radius 1 is 1.17 bits per heavy atom. The van der Waals surface area contributed by atoms with Gasteiger partial charge in [0.2, 0.25) is 0 Å². The third-order valence-corrected chi connectivity index (χ3v) is 3.84. The highest BCUT2D eigenvalue weighted by Gasteiger charge is 2.06. The number of aryl methyl sites for hydroxylation is 2. The highest BCUT2D eigenvalue weighted by atomic mass is 32.1. The standard InChI is InChI=1S/C19H22N2O2S/c1-14-8-10-15(11-9-14)5-4-12-20-19(24)21-17-7-3-6-16(13-17)18(22)23-2/h3,6-11,13H,4-5,12H2,1-2H3,(H2,20,21,24). The van der Waals surface area contributed by atoms with E-state index in [1.54, 1.807) is 18.2 Å². The molecule has 0 aliphatic carbocycles. The lowest BCUT2D eigenvalue weighted by Gasteiger charge is -2.11. The average Bonchev–Trinajstić information content (AvgIpc) is 2.60. The molecule has 0 radical (unpaired) electrons. The third-order valence-electron chi connectivity index (χ3n) is 3.59. The van der Waals surface area contributed by atoms with Gasteiger partial charge in [-0.2, -0.15) is 0 Å². The number of hydrogen-bond donors (Lipinski definition) is 2. The van der Waals surface area contributed by atoms with Crippen LogP contribution in [0, 0.1) is 6.92 Å². The fraction of sp³-hybridized carbons (Fsp3) is 0.263. The summed E-state index contributed by atoms with van der Waals surface area (Å²) in [4.78, 5) is 11.5. The minimum Gasteiger partial charge on any atom is -0.465 e. The molecular formula is C19H22N2O2S. The molecule has 5 heteroatoms. The summed E-state index contributed by atoms with van der Waals surface area (Å²) in [5.41, 5.74) is 3.85. The van der Waals surface area contributed by atoms with Crippen LogP contribution in [0.1, 0.15) is 27.9 Å². The van der Waals surface area contributed by atoms with Crippen LogP contribution in [0.2, 0.25) is 0 Å². The monoisotopic (exact) mass is 342 g/mol. The molecule has 24 heavy (non-hydrogen) atoms. The first kappa shape index (κ1) is 17.9. The minimum absolute atomic E-state index is 0.365. The first-order valence-corrected chi connectivity index (χ1v) is 8.28. The van der Waals surface area contributed by atoms with Crippen molar-refractivity contribution in [1.82, 2.24) is 5.32 Å². The topological polar surface area (TPSA) is 50.4 Å². The SMILES string of the molecule is COC(=O)c1cccc(NC(=S)NCCCc2ccc(C)cc2)c1. The second-order valence-corrected chi connectivity index (χ2v) is 5.95. The van der Waals surface area contributed by atoms with Crippen molar-refractivity contribution in [3.05, 3.63) is 65.2 Å². The van der Waals surface area contributed by atoms with E-state index in [0.717, 1.165) is 25.1 Å². The van der Waals surface area contributed by atoms with Crippen LogP contribution in [0.15, 0.2) is 48.5 Å². The summed E-state index contributed by atoms with van der Waals surface area (Å²) in [6, 6.07) is 15.6. The Kier molecular flexibility index (Phi) is 6.75. The fourth-order valence-corrected chi connectivity index (χ4v) is 2.49. The van der Waals surface area contributed by atoms with Gasteiger partial charge in [-0.3, -0.25) is 0 Å². The van der Waals surface area contributed by atoms with Crippen LogP contribution in [-0.4, -0.2) is 24.7 Å². The van der Waals surface area contributed by atoms with E-state index in [1.165, 1.54) is 18.2 Å². The maximum absolute atomic E-state index is 11.5. The minimum atomic E-state index is -0.365. The molecule has 0 fully saturated rings. The van der Waals surface area contributed by atoms with Gasteiger partial charge in [-0.1, -0.05) is 35.9 Å². The van der Waals surface area contributed by atoms with E-state index in [-0.39, 0.29) is 5.97 Å². The number of hydrogen-bond acceptors (Lipinski definition) is 3. The number of benzene rings is 2. The van der Waals surface area contributed by atoms with Crippen molar-refractivity contribution in [2.75, 3.05) is 19.0 Å². The summed E-state index contributed by atoms with van der Waals surface area (Å²) in [5.74, 6) is -0.365. The zero-order valence-electron chi connectivity index (χ0n) is 14.0. The number of methoxy groups -OCH3 is 1. The number of thiocarbonyl (C=S) groups is 1. The van der Waals surface area contributed by atoms with Gasteiger partial charge in [0.25, 0.3) is 0 Å². The maximum atomic E-state index is 11.5. The lowest BCUT2D eigenvalue weighted by Crippen LogP contribution is -2.29. The highest BCUT2D eigenvalue weighted by Crippen LogP contribution is 2.11. The summed E-state index contributed by atoms with van der Waals surface area (Å²) in [6.45, 7) is 2.88. The zero-order chi connectivity index (χ0) is 17.4. The van der Waals surface area contributed by atoms with E-state index >= 15 is 0 Å². The van der Waals surface area contributed by atoms with Crippen LogP contribution in [-0.2, 0) is 11.2 Å². The molecule has 2 aromatic carbocycles. The summed E-state index contributed by atoms with van der Waals surface area (Å²) in [6.07, 6.45) is 2.00. The van der Waals surface area contributed by atoms with E-state index in [2.05, 4.69) is 41.8 Å².